The van der Waals surface area contributed by atoms with Crippen molar-refractivity contribution in [3.8, 4) is 0 Å². The minimum absolute atomic E-state index is 0. The molecule has 76 heavy (non-hydrogen) atoms. The molecule has 15 nitrogen and oxygen atoms in total. The summed E-state index contributed by atoms with van der Waals surface area (Å²) in [6.07, 6.45) is 6.59. The molecule has 6 aliphatic heterocycles. The second-order valence-electron chi connectivity index (χ2n) is 26.3. The lowest BCUT2D eigenvalue weighted by Crippen LogP contribution is -2.55. The zero-order chi connectivity index (χ0) is 54.8. The van der Waals surface area contributed by atoms with Crippen LogP contribution in [0.25, 0.3) is 0 Å². The van der Waals surface area contributed by atoms with Crippen molar-refractivity contribution < 1.29 is 43.2 Å². The predicted molar refractivity (Wildman–Crippen MR) is 320 cm³/mol. The maximum absolute atomic E-state index is 12.1. The van der Waals surface area contributed by atoms with Gasteiger partial charge >= 0.3 is 5.97 Å². The van der Waals surface area contributed by atoms with Crippen molar-refractivity contribution in [2.45, 2.75) is 283 Å². The van der Waals surface area contributed by atoms with Crippen LogP contribution in [0.2, 0.25) is 0 Å². The van der Waals surface area contributed by atoms with E-state index in [4.69, 9.17) is 28.8 Å². The van der Waals surface area contributed by atoms with Crippen molar-refractivity contribution in [1.29, 1.82) is 0 Å². The largest absolute Gasteiger partial charge is 0.481 e. The molecule has 5 unspecified atom stereocenters. The van der Waals surface area contributed by atoms with Crippen molar-refractivity contribution >= 4 is 17.7 Å². The lowest BCUT2D eigenvalue weighted by atomic mass is 10.0. The zero-order valence-corrected chi connectivity index (χ0v) is 50.0. The lowest BCUT2D eigenvalue weighted by Gasteiger charge is -2.45. The standard InChI is InChI=1S/C14H26N2O2.C12H23NO2.C11H23NO.C10H19NO3.C10H21NO.4CH4/c1-14(2,3)16-8-9-18-12(11-16)10-13(17)15-6-4-5-7-15;1-10(14)5-6-11-9-13(7-8-15-11)12(2,3)4;1-6-10-7-12(11(3,4)5)9(2)8-13-10;1-10(2,3)11-4-5-14-8(7-11)6-9(12)13;1-8-7-12-9(2)6-11(8)10(3,4)5;;;;/h12H,4-11H2,1-3H3;11H,5-9H2,1-4H3;9-10H,6-8H2,1-5H3;8H,4-7H2,1-3H3,(H,12,13);8-9H,6-7H2,1-5H3;4*1H4/t;;;;8-,9-;;;;/m....0..../s1. The number of hydrogen-bond acceptors (Lipinski definition) is 13. The number of rotatable bonds is 8. The van der Waals surface area contributed by atoms with Crippen LogP contribution in [0, 0.1) is 0 Å². The molecule has 6 rings (SSSR count). The third-order valence-corrected chi connectivity index (χ3v) is 14.6. The first-order chi connectivity index (χ1) is 33.1. The fourth-order valence-corrected chi connectivity index (χ4v) is 10.1. The topological polar surface area (TPSA) is 137 Å². The minimum Gasteiger partial charge on any atom is -0.481 e. The number of carboxylic acids is 1. The Morgan fingerprint density at radius 2 is 0.868 bits per heavy atom. The minimum atomic E-state index is -0.786. The van der Waals surface area contributed by atoms with E-state index in [0.29, 0.717) is 43.7 Å². The molecule has 15 heteroatoms. The molecular weight excluding hydrogens is 961 g/mol. The summed E-state index contributed by atoms with van der Waals surface area (Å²) in [5.41, 5.74) is 1.02. The number of ketones is 1. The summed E-state index contributed by atoms with van der Waals surface area (Å²) in [6, 6.07) is 1.11. The maximum atomic E-state index is 12.1. The number of hydrogen-bond donors (Lipinski definition) is 1. The van der Waals surface area contributed by atoms with E-state index in [1.807, 2.05) is 4.90 Å². The van der Waals surface area contributed by atoms with Crippen molar-refractivity contribution in [3.05, 3.63) is 0 Å². The number of aliphatic carboxylic acids is 1. The van der Waals surface area contributed by atoms with Crippen LogP contribution >= 0.6 is 0 Å². The van der Waals surface area contributed by atoms with Gasteiger partial charge in [0.1, 0.15) is 5.78 Å². The molecule has 0 aromatic heterocycles. The van der Waals surface area contributed by atoms with Gasteiger partial charge in [-0.15, -0.1) is 0 Å². The summed E-state index contributed by atoms with van der Waals surface area (Å²) in [7, 11) is 0. The Bertz CT molecular complexity index is 1560. The SMILES string of the molecule is C.C.C.C.CC(=O)CCC1CN(C(C)(C)C)CCO1.CC(C)(C)N1CCOC(CC(=O)N2CCCC2)C1.CC(C)(C)N1CCOC(CC(=O)O)C1.CCC1CN(C(C)(C)C)C(C)CO1.C[C@H]1CN(C(C)(C)C)[C@@H](C)CO1. The molecule has 0 aromatic carbocycles. The Hall–Kier alpha value is -1.79. The van der Waals surface area contributed by atoms with Crippen LogP contribution in [0.1, 0.15) is 213 Å². The highest BCUT2D eigenvalue weighted by Gasteiger charge is 2.35. The molecule has 0 aromatic rings. The van der Waals surface area contributed by atoms with Gasteiger partial charge < -0.3 is 38.5 Å². The summed E-state index contributed by atoms with van der Waals surface area (Å²) in [4.78, 5) is 47.7. The smallest absolute Gasteiger partial charge is 0.306 e. The Balaban J connectivity index is -0.000000871. The number of amides is 1. The molecule has 1 amide bonds. The number of carbonyl (C=O) groups is 3. The molecule has 6 heterocycles. The summed E-state index contributed by atoms with van der Waals surface area (Å²) >= 11 is 0. The van der Waals surface area contributed by atoms with Crippen LogP contribution < -0.4 is 0 Å². The van der Waals surface area contributed by atoms with E-state index in [1.165, 1.54) is 0 Å². The Kier molecular flexibility index (Phi) is 37.0. The van der Waals surface area contributed by atoms with Gasteiger partial charge in [0.2, 0.25) is 5.91 Å². The molecule has 6 fully saturated rings. The van der Waals surface area contributed by atoms with Crippen molar-refractivity contribution in [3.63, 3.8) is 0 Å². The molecule has 456 valence electrons. The lowest BCUT2D eigenvalue weighted by molar-refractivity contribution is -0.143. The van der Waals surface area contributed by atoms with Gasteiger partial charge in [-0.2, -0.15) is 0 Å². The van der Waals surface area contributed by atoms with E-state index in [2.05, 4.69) is 156 Å². The fraction of sp³-hybridized carbons (Fsp3) is 0.951. The molecule has 6 saturated heterocycles. The quantitative estimate of drug-likeness (QED) is 0.247. The van der Waals surface area contributed by atoms with Gasteiger partial charge in [0.25, 0.3) is 0 Å². The highest BCUT2D eigenvalue weighted by molar-refractivity contribution is 5.77. The van der Waals surface area contributed by atoms with Gasteiger partial charge in [-0.05, 0) is 157 Å². The Labute approximate surface area is 470 Å². The highest BCUT2D eigenvalue weighted by Crippen LogP contribution is 2.25. The molecule has 0 radical (unpaired) electrons. The summed E-state index contributed by atoms with van der Waals surface area (Å²) in [5.74, 6) is -0.259. The van der Waals surface area contributed by atoms with Crippen LogP contribution in [0.3, 0.4) is 0 Å². The third kappa shape index (κ3) is 30.1. The number of likely N-dealkylation sites (tertiary alicyclic amines) is 1. The molecule has 0 saturated carbocycles. The molecule has 0 bridgehead atoms. The van der Waals surface area contributed by atoms with Crippen molar-refractivity contribution in [2.24, 2.45) is 0 Å². The number of carbonyl (C=O) groups excluding carboxylic acids is 2. The van der Waals surface area contributed by atoms with Crippen LogP contribution in [0.15, 0.2) is 0 Å². The summed E-state index contributed by atoms with van der Waals surface area (Å²) < 4.78 is 28.1. The first-order valence-electron chi connectivity index (χ1n) is 28.0. The molecule has 1 N–H and O–H groups in total. The average Bonchev–Trinajstić information content (AvgIpc) is 3.82. The van der Waals surface area contributed by atoms with E-state index in [9.17, 15) is 14.4 Å². The van der Waals surface area contributed by atoms with E-state index in [-0.39, 0.29) is 93.8 Å². The first-order valence-corrected chi connectivity index (χ1v) is 28.0. The molecule has 7 atom stereocenters. The summed E-state index contributed by atoms with van der Waals surface area (Å²) in [5, 5.41) is 8.66. The van der Waals surface area contributed by atoms with E-state index < -0.39 is 5.97 Å². The predicted octanol–water partition coefficient (Wildman–Crippen LogP) is 11.0. The van der Waals surface area contributed by atoms with Gasteiger partial charge in [-0.3, -0.25) is 34.1 Å². The molecule has 0 aliphatic carbocycles. The van der Waals surface area contributed by atoms with Gasteiger partial charge in [-0.1, -0.05) is 36.6 Å². The molecule has 6 aliphatic rings. The normalized spacial score (nSPS) is 26.5. The molecule has 0 spiro atoms. The van der Waals surface area contributed by atoms with Crippen LogP contribution in [0.5, 0.6) is 0 Å². The number of morpholine rings is 5. The fourth-order valence-electron chi connectivity index (χ4n) is 10.1. The van der Waals surface area contributed by atoms with Crippen LogP contribution in [-0.4, -0.2) is 221 Å². The third-order valence-electron chi connectivity index (χ3n) is 14.6. The van der Waals surface area contributed by atoms with Crippen LogP contribution in [0.4, 0.5) is 0 Å². The van der Waals surface area contributed by atoms with E-state index >= 15 is 0 Å². The van der Waals surface area contributed by atoms with Crippen LogP contribution in [-0.2, 0) is 38.1 Å². The Morgan fingerprint density at radius 1 is 0.487 bits per heavy atom. The van der Waals surface area contributed by atoms with Gasteiger partial charge in [0.15, 0.2) is 0 Å². The van der Waals surface area contributed by atoms with Crippen molar-refractivity contribution in [2.75, 3.05) is 98.5 Å². The number of nitrogens with zero attached hydrogens (tertiary/aromatic N) is 6. The zero-order valence-electron chi connectivity index (χ0n) is 50.0. The monoisotopic (exact) mass is 1090 g/mol. The Morgan fingerprint density at radius 3 is 1.24 bits per heavy atom. The number of ether oxygens (including phenoxy) is 5. The molecular formula is C61H128N6O9. The van der Waals surface area contributed by atoms with Gasteiger partial charge in [-0.25, -0.2) is 0 Å². The summed E-state index contributed by atoms with van der Waals surface area (Å²) in [6.45, 7) is 57.2. The average molecular weight is 1090 g/mol. The number of carboxylic acid groups (broad SMARTS) is 1. The maximum Gasteiger partial charge on any atom is 0.306 e. The second kappa shape index (κ2) is 35.8. The highest BCUT2D eigenvalue weighted by atomic mass is 16.5. The van der Waals surface area contributed by atoms with Gasteiger partial charge in [0, 0.05) is 112 Å². The number of Topliss-reactive ketones (excluding diaryl/α,β-unsaturated/α-hetero) is 1. The van der Waals surface area contributed by atoms with E-state index in [1.54, 1.807) is 6.92 Å². The van der Waals surface area contributed by atoms with Crippen molar-refractivity contribution in [1.82, 2.24) is 29.4 Å². The first kappa shape index (κ1) is 78.4. The second-order valence-corrected chi connectivity index (χ2v) is 26.3. The van der Waals surface area contributed by atoms with E-state index in [0.717, 1.165) is 118 Å². The van der Waals surface area contributed by atoms with Gasteiger partial charge in [0.05, 0.1) is 76.4 Å².